The van der Waals surface area contributed by atoms with Crippen LogP contribution in [0.5, 0.6) is 0 Å². The van der Waals surface area contributed by atoms with Gasteiger partial charge in [-0.3, -0.25) is 13.9 Å². The standard InChI is InChI=1S/C18H25N5O3S/c1-3-4-10-23-14-15(19-17(23)22-8-6-5-7-9-22)20-18(21(2)16(14)26)27-12-13(25)11-24/h13,24-25H,5-12H2,1-2H3. The van der Waals surface area contributed by atoms with E-state index >= 15 is 0 Å². The third-order valence-corrected chi connectivity index (χ3v) is 5.77. The Bertz CT molecular complexity index is 921. The molecule has 0 bridgehead atoms. The van der Waals surface area contributed by atoms with E-state index in [4.69, 9.17) is 5.11 Å². The van der Waals surface area contributed by atoms with Gasteiger partial charge in [0.25, 0.3) is 5.56 Å². The molecule has 2 N–H and O–H groups in total. The number of aliphatic hydroxyl groups is 2. The van der Waals surface area contributed by atoms with Crippen molar-refractivity contribution in [1.82, 2.24) is 19.1 Å². The topological polar surface area (TPSA) is 96.4 Å². The zero-order valence-corrected chi connectivity index (χ0v) is 16.5. The van der Waals surface area contributed by atoms with Crippen LogP contribution in [0, 0.1) is 11.8 Å². The molecule has 0 saturated carbocycles. The van der Waals surface area contributed by atoms with Gasteiger partial charge in [0, 0.05) is 25.9 Å². The number of hydrogen-bond acceptors (Lipinski definition) is 7. The van der Waals surface area contributed by atoms with Crippen molar-refractivity contribution in [2.24, 2.45) is 7.05 Å². The van der Waals surface area contributed by atoms with Gasteiger partial charge in [-0.2, -0.15) is 4.98 Å². The molecule has 0 amide bonds. The first kappa shape index (κ1) is 19.7. The first-order chi connectivity index (χ1) is 13.1. The second-order valence-electron chi connectivity index (χ2n) is 6.55. The Kier molecular flexibility index (Phi) is 6.42. The lowest BCUT2D eigenvalue weighted by Gasteiger charge is -2.27. The molecule has 27 heavy (non-hydrogen) atoms. The largest absolute Gasteiger partial charge is 0.394 e. The zero-order chi connectivity index (χ0) is 19.4. The van der Waals surface area contributed by atoms with E-state index in [2.05, 4.69) is 26.7 Å². The third kappa shape index (κ3) is 4.13. The minimum absolute atomic E-state index is 0.186. The maximum atomic E-state index is 13.0. The monoisotopic (exact) mass is 391 g/mol. The van der Waals surface area contributed by atoms with Crippen LogP contribution in [-0.4, -0.2) is 60.9 Å². The number of nitrogens with zero attached hydrogens (tertiary/aromatic N) is 5. The SMILES string of the molecule is CC#CCn1c(N2CCCCC2)nc2nc(SCC(O)CO)n(C)c(=O)c21. The molecule has 0 radical (unpaired) electrons. The Balaban J connectivity index is 2.08. The highest BCUT2D eigenvalue weighted by Gasteiger charge is 2.23. The molecule has 1 fully saturated rings. The van der Waals surface area contributed by atoms with Crippen LogP contribution in [0.3, 0.4) is 0 Å². The maximum absolute atomic E-state index is 13.0. The van der Waals surface area contributed by atoms with E-state index in [0.29, 0.717) is 22.9 Å². The highest BCUT2D eigenvalue weighted by molar-refractivity contribution is 7.99. The summed E-state index contributed by atoms with van der Waals surface area (Å²) in [5, 5.41) is 19.0. The summed E-state index contributed by atoms with van der Waals surface area (Å²) in [5.74, 6) is 6.92. The molecule has 1 unspecified atom stereocenters. The molecule has 9 heteroatoms. The van der Waals surface area contributed by atoms with Gasteiger partial charge >= 0.3 is 0 Å². The summed E-state index contributed by atoms with van der Waals surface area (Å²) in [4.78, 5) is 24.4. The first-order valence-corrected chi connectivity index (χ1v) is 10.1. The van der Waals surface area contributed by atoms with Gasteiger partial charge in [-0.05, 0) is 26.2 Å². The van der Waals surface area contributed by atoms with Gasteiger partial charge in [0.2, 0.25) is 5.95 Å². The van der Waals surface area contributed by atoms with E-state index < -0.39 is 6.10 Å². The second-order valence-corrected chi connectivity index (χ2v) is 7.54. The second kappa shape index (κ2) is 8.78. The molecule has 8 nitrogen and oxygen atoms in total. The summed E-state index contributed by atoms with van der Waals surface area (Å²) in [6, 6.07) is 0. The fourth-order valence-electron chi connectivity index (χ4n) is 3.12. The molecule has 1 saturated heterocycles. The molecule has 0 aromatic carbocycles. The average molecular weight is 391 g/mol. The number of aliphatic hydroxyl groups excluding tert-OH is 2. The predicted octanol–water partition coefficient (Wildman–Crippen LogP) is 0.589. The van der Waals surface area contributed by atoms with Gasteiger partial charge in [0.1, 0.15) is 0 Å². The molecular weight excluding hydrogens is 366 g/mol. The van der Waals surface area contributed by atoms with Crippen LogP contribution in [0.25, 0.3) is 11.2 Å². The fraction of sp³-hybridized carbons (Fsp3) is 0.611. The van der Waals surface area contributed by atoms with Crippen molar-refractivity contribution in [3.63, 3.8) is 0 Å². The van der Waals surface area contributed by atoms with E-state index in [9.17, 15) is 9.90 Å². The molecule has 3 heterocycles. The molecule has 146 valence electrons. The summed E-state index contributed by atoms with van der Waals surface area (Å²) in [6.45, 7) is 3.66. The van der Waals surface area contributed by atoms with Crippen molar-refractivity contribution in [3.05, 3.63) is 10.4 Å². The molecule has 1 atom stereocenters. The van der Waals surface area contributed by atoms with Crippen LogP contribution in [0.15, 0.2) is 9.95 Å². The lowest BCUT2D eigenvalue weighted by atomic mass is 10.1. The van der Waals surface area contributed by atoms with Gasteiger partial charge in [-0.25, -0.2) is 4.98 Å². The quantitative estimate of drug-likeness (QED) is 0.423. The Morgan fingerprint density at radius 2 is 2.00 bits per heavy atom. The van der Waals surface area contributed by atoms with Gasteiger partial charge in [0.15, 0.2) is 16.3 Å². The molecule has 2 aromatic rings. The van der Waals surface area contributed by atoms with Crippen LogP contribution in [-0.2, 0) is 13.6 Å². The zero-order valence-electron chi connectivity index (χ0n) is 15.7. The number of aromatic nitrogens is 4. The maximum Gasteiger partial charge on any atom is 0.280 e. The summed E-state index contributed by atoms with van der Waals surface area (Å²) in [6.07, 6.45) is 2.56. The van der Waals surface area contributed by atoms with Gasteiger partial charge in [0.05, 0.1) is 19.3 Å². The van der Waals surface area contributed by atoms with Crippen molar-refractivity contribution in [2.75, 3.05) is 30.3 Å². The number of piperidine rings is 1. The van der Waals surface area contributed by atoms with Gasteiger partial charge in [-0.1, -0.05) is 17.7 Å². The molecule has 3 rings (SSSR count). The van der Waals surface area contributed by atoms with E-state index in [1.54, 1.807) is 14.0 Å². The third-order valence-electron chi connectivity index (χ3n) is 4.59. The molecular formula is C18H25N5O3S. The predicted molar refractivity (Wildman–Crippen MR) is 106 cm³/mol. The fourth-order valence-corrected chi connectivity index (χ4v) is 4.00. The Morgan fingerprint density at radius 3 is 2.67 bits per heavy atom. The normalized spacial score (nSPS) is 15.6. The van der Waals surface area contributed by atoms with Gasteiger partial charge in [-0.15, -0.1) is 5.92 Å². The molecule has 1 aliphatic heterocycles. The number of hydrogen-bond donors (Lipinski definition) is 2. The Labute approximate surface area is 162 Å². The molecule has 1 aliphatic rings. The number of rotatable bonds is 6. The first-order valence-electron chi connectivity index (χ1n) is 9.10. The Morgan fingerprint density at radius 1 is 1.26 bits per heavy atom. The number of imidazole rings is 1. The van der Waals surface area contributed by atoms with Crippen LogP contribution in [0.1, 0.15) is 26.2 Å². The number of anilines is 1. The van der Waals surface area contributed by atoms with Crippen molar-refractivity contribution < 1.29 is 10.2 Å². The summed E-state index contributed by atoms with van der Waals surface area (Å²) >= 11 is 1.23. The minimum atomic E-state index is -0.858. The lowest BCUT2D eigenvalue weighted by molar-refractivity contribution is 0.113. The van der Waals surface area contributed by atoms with Gasteiger partial charge < -0.3 is 15.1 Å². The van der Waals surface area contributed by atoms with E-state index in [-0.39, 0.29) is 17.9 Å². The average Bonchev–Trinajstić information content (AvgIpc) is 3.06. The van der Waals surface area contributed by atoms with E-state index in [0.717, 1.165) is 31.9 Å². The number of thioether (sulfide) groups is 1. The van der Waals surface area contributed by atoms with Crippen molar-refractivity contribution in [2.45, 2.75) is 44.0 Å². The van der Waals surface area contributed by atoms with Crippen LogP contribution < -0.4 is 10.5 Å². The highest BCUT2D eigenvalue weighted by atomic mass is 32.2. The molecule has 0 spiro atoms. The van der Waals surface area contributed by atoms with Crippen molar-refractivity contribution >= 4 is 28.9 Å². The van der Waals surface area contributed by atoms with Crippen molar-refractivity contribution in [3.8, 4) is 11.8 Å². The van der Waals surface area contributed by atoms with Crippen LogP contribution >= 0.6 is 11.8 Å². The van der Waals surface area contributed by atoms with Crippen molar-refractivity contribution in [1.29, 1.82) is 0 Å². The smallest absolute Gasteiger partial charge is 0.280 e. The van der Waals surface area contributed by atoms with Crippen LogP contribution in [0.4, 0.5) is 5.95 Å². The number of fused-ring (bicyclic) bond motifs is 1. The summed E-state index contributed by atoms with van der Waals surface area (Å²) in [7, 11) is 1.66. The highest BCUT2D eigenvalue weighted by Crippen LogP contribution is 2.24. The van der Waals surface area contributed by atoms with E-state index in [1.165, 1.54) is 22.7 Å². The molecule has 2 aromatic heterocycles. The summed E-state index contributed by atoms with van der Waals surface area (Å²) in [5.41, 5.74) is 0.667. The van der Waals surface area contributed by atoms with E-state index in [1.807, 2.05) is 4.57 Å². The van der Waals surface area contributed by atoms with Crippen LogP contribution in [0.2, 0.25) is 0 Å². The molecule has 0 aliphatic carbocycles. The summed E-state index contributed by atoms with van der Waals surface area (Å²) < 4.78 is 3.33. The minimum Gasteiger partial charge on any atom is -0.394 e. The Hall–Kier alpha value is -2.02. The lowest BCUT2D eigenvalue weighted by Crippen LogP contribution is -2.32.